The zero-order chi connectivity index (χ0) is 18.1. The molecule has 2 fully saturated rings. The SMILES string of the molecule is CNC(=O)C1CC(=O)N(Cc2ccccc2)C1.CNCC1CCNC1. The average Bonchev–Trinajstić information content (AvgIpc) is 3.26. The van der Waals surface area contributed by atoms with Crippen molar-refractivity contribution in [3.05, 3.63) is 35.9 Å². The Balaban J connectivity index is 0.000000236. The topological polar surface area (TPSA) is 73.5 Å². The Morgan fingerprint density at radius 1 is 1.28 bits per heavy atom. The third-order valence-corrected chi connectivity index (χ3v) is 4.70. The lowest BCUT2D eigenvalue weighted by molar-refractivity contribution is -0.129. The molecule has 2 amide bonds. The van der Waals surface area contributed by atoms with Gasteiger partial charge in [0, 0.05) is 26.6 Å². The predicted octanol–water partition coefficient (Wildman–Crippen LogP) is 0.596. The van der Waals surface area contributed by atoms with Crippen LogP contribution in [0.15, 0.2) is 30.3 Å². The molecule has 0 radical (unpaired) electrons. The normalized spacial score (nSPS) is 22.5. The fourth-order valence-corrected chi connectivity index (χ4v) is 3.29. The molecular formula is C19H30N4O2. The highest BCUT2D eigenvalue weighted by atomic mass is 16.2. The van der Waals surface area contributed by atoms with Gasteiger partial charge in [-0.3, -0.25) is 9.59 Å². The summed E-state index contributed by atoms with van der Waals surface area (Å²) in [6, 6.07) is 9.82. The van der Waals surface area contributed by atoms with Crippen LogP contribution in [0.3, 0.4) is 0 Å². The maximum Gasteiger partial charge on any atom is 0.225 e. The van der Waals surface area contributed by atoms with Gasteiger partial charge in [-0.1, -0.05) is 30.3 Å². The third kappa shape index (κ3) is 6.14. The highest BCUT2D eigenvalue weighted by Crippen LogP contribution is 2.20. The van der Waals surface area contributed by atoms with Crippen molar-refractivity contribution in [3.63, 3.8) is 0 Å². The maximum absolute atomic E-state index is 11.8. The molecule has 2 atom stereocenters. The number of benzene rings is 1. The predicted molar refractivity (Wildman–Crippen MR) is 98.9 cm³/mol. The number of amides is 2. The molecule has 2 aliphatic heterocycles. The van der Waals surface area contributed by atoms with E-state index in [0.29, 0.717) is 19.5 Å². The summed E-state index contributed by atoms with van der Waals surface area (Å²) in [6.45, 7) is 4.71. The van der Waals surface area contributed by atoms with E-state index in [-0.39, 0.29) is 17.7 Å². The number of hydrogen-bond acceptors (Lipinski definition) is 4. The Kier molecular flexibility index (Phi) is 7.88. The van der Waals surface area contributed by atoms with Gasteiger partial charge in [0.05, 0.1) is 5.92 Å². The molecule has 3 N–H and O–H groups in total. The van der Waals surface area contributed by atoms with Gasteiger partial charge in [-0.15, -0.1) is 0 Å². The molecule has 3 rings (SSSR count). The summed E-state index contributed by atoms with van der Waals surface area (Å²) >= 11 is 0. The lowest BCUT2D eigenvalue weighted by atomic mass is 10.1. The highest BCUT2D eigenvalue weighted by Gasteiger charge is 2.33. The Hall–Kier alpha value is -1.92. The van der Waals surface area contributed by atoms with Crippen LogP contribution in [-0.4, -0.2) is 57.0 Å². The van der Waals surface area contributed by atoms with Gasteiger partial charge in [0.2, 0.25) is 11.8 Å². The summed E-state index contributed by atoms with van der Waals surface area (Å²) in [5.41, 5.74) is 1.10. The van der Waals surface area contributed by atoms with Gasteiger partial charge in [0.1, 0.15) is 0 Å². The van der Waals surface area contributed by atoms with E-state index in [0.717, 1.165) is 11.5 Å². The Morgan fingerprint density at radius 3 is 2.64 bits per heavy atom. The molecule has 2 aliphatic rings. The summed E-state index contributed by atoms with van der Waals surface area (Å²) in [5, 5.41) is 9.08. The lowest BCUT2D eigenvalue weighted by Crippen LogP contribution is -2.30. The maximum atomic E-state index is 11.8. The van der Waals surface area contributed by atoms with Crippen LogP contribution in [-0.2, 0) is 16.1 Å². The Bertz CT molecular complexity index is 544. The largest absolute Gasteiger partial charge is 0.359 e. The van der Waals surface area contributed by atoms with Crippen molar-refractivity contribution < 1.29 is 9.59 Å². The second-order valence-electron chi connectivity index (χ2n) is 6.69. The van der Waals surface area contributed by atoms with E-state index in [1.165, 1.54) is 26.1 Å². The zero-order valence-corrected chi connectivity index (χ0v) is 15.3. The number of rotatable bonds is 5. The van der Waals surface area contributed by atoms with E-state index in [1.807, 2.05) is 37.4 Å². The van der Waals surface area contributed by atoms with E-state index < -0.39 is 0 Å². The molecule has 2 unspecified atom stereocenters. The molecule has 25 heavy (non-hydrogen) atoms. The monoisotopic (exact) mass is 346 g/mol. The Labute approximate surface area is 150 Å². The first-order valence-electron chi connectivity index (χ1n) is 9.02. The number of hydrogen-bond donors (Lipinski definition) is 3. The van der Waals surface area contributed by atoms with Crippen LogP contribution in [0.4, 0.5) is 0 Å². The molecular weight excluding hydrogens is 316 g/mol. The average molecular weight is 346 g/mol. The van der Waals surface area contributed by atoms with Crippen LogP contribution < -0.4 is 16.0 Å². The van der Waals surface area contributed by atoms with Crippen molar-refractivity contribution in [1.29, 1.82) is 0 Å². The van der Waals surface area contributed by atoms with Crippen LogP contribution in [0.25, 0.3) is 0 Å². The standard InChI is InChI=1S/C13H16N2O2.C6H14N2/c1-14-13(17)11-7-12(16)15(9-11)8-10-5-3-2-4-6-10;1-7-4-6-2-3-8-5-6/h2-6,11H,7-9H2,1H3,(H,14,17);6-8H,2-5H2,1H3. The van der Waals surface area contributed by atoms with Gasteiger partial charge in [-0.05, 0) is 44.6 Å². The van der Waals surface area contributed by atoms with Crippen molar-refractivity contribution in [2.45, 2.75) is 19.4 Å². The first-order valence-corrected chi connectivity index (χ1v) is 9.02. The summed E-state index contributed by atoms with van der Waals surface area (Å²) in [4.78, 5) is 25.0. The quantitative estimate of drug-likeness (QED) is 0.730. The number of carbonyl (C=O) groups excluding carboxylic acids is 2. The van der Waals surface area contributed by atoms with Crippen LogP contribution >= 0.6 is 0 Å². The van der Waals surface area contributed by atoms with Gasteiger partial charge in [-0.25, -0.2) is 0 Å². The second-order valence-corrected chi connectivity index (χ2v) is 6.69. The van der Waals surface area contributed by atoms with Gasteiger partial charge in [0.15, 0.2) is 0 Å². The summed E-state index contributed by atoms with van der Waals surface area (Å²) in [5.74, 6) is 0.701. The molecule has 0 aliphatic carbocycles. The molecule has 6 nitrogen and oxygen atoms in total. The van der Waals surface area contributed by atoms with Gasteiger partial charge < -0.3 is 20.9 Å². The molecule has 6 heteroatoms. The van der Waals surface area contributed by atoms with Crippen molar-refractivity contribution in [3.8, 4) is 0 Å². The third-order valence-electron chi connectivity index (χ3n) is 4.70. The lowest BCUT2D eigenvalue weighted by Gasteiger charge is -2.16. The van der Waals surface area contributed by atoms with Gasteiger partial charge >= 0.3 is 0 Å². The van der Waals surface area contributed by atoms with Crippen molar-refractivity contribution in [1.82, 2.24) is 20.9 Å². The van der Waals surface area contributed by atoms with E-state index in [1.54, 1.807) is 11.9 Å². The van der Waals surface area contributed by atoms with E-state index >= 15 is 0 Å². The van der Waals surface area contributed by atoms with Crippen molar-refractivity contribution in [2.24, 2.45) is 11.8 Å². The number of carbonyl (C=O) groups is 2. The molecule has 1 aromatic rings. The van der Waals surface area contributed by atoms with E-state index in [4.69, 9.17) is 0 Å². The Morgan fingerprint density at radius 2 is 2.04 bits per heavy atom. The van der Waals surface area contributed by atoms with Crippen LogP contribution in [0.5, 0.6) is 0 Å². The molecule has 0 saturated carbocycles. The number of nitrogens with one attached hydrogen (secondary N) is 3. The zero-order valence-electron chi connectivity index (χ0n) is 15.3. The molecule has 138 valence electrons. The minimum absolute atomic E-state index is 0.0473. The highest BCUT2D eigenvalue weighted by molar-refractivity contribution is 5.89. The van der Waals surface area contributed by atoms with E-state index in [2.05, 4.69) is 16.0 Å². The molecule has 2 heterocycles. The van der Waals surface area contributed by atoms with Gasteiger partial charge in [0.25, 0.3) is 0 Å². The summed E-state index contributed by atoms with van der Waals surface area (Å²) < 4.78 is 0. The smallest absolute Gasteiger partial charge is 0.225 e. The second kappa shape index (κ2) is 10.2. The van der Waals surface area contributed by atoms with E-state index in [9.17, 15) is 9.59 Å². The molecule has 0 bridgehead atoms. The van der Waals surface area contributed by atoms with Gasteiger partial charge in [-0.2, -0.15) is 0 Å². The minimum atomic E-state index is -0.198. The molecule has 2 saturated heterocycles. The number of nitrogens with zero attached hydrogens (tertiary/aromatic N) is 1. The summed E-state index contributed by atoms with van der Waals surface area (Å²) in [7, 11) is 3.62. The van der Waals surface area contributed by atoms with Crippen molar-refractivity contribution in [2.75, 3.05) is 40.3 Å². The first kappa shape index (κ1) is 19.4. The van der Waals surface area contributed by atoms with Crippen LogP contribution in [0.1, 0.15) is 18.4 Å². The summed E-state index contributed by atoms with van der Waals surface area (Å²) in [6.07, 6.45) is 1.67. The van der Waals surface area contributed by atoms with Crippen LogP contribution in [0.2, 0.25) is 0 Å². The fourth-order valence-electron chi connectivity index (χ4n) is 3.29. The van der Waals surface area contributed by atoms with Crippen LogP contribution in [0, 0.1) is 11.8 Å². The molecule has 0 spiro atoms. The fraction of sp³-hybridized carbons (Fsp3) is 0.579. The van der Waals surface area contributed by atoms with Crippen molar-refractivity contribution >= 4 is 11.8 Å². The molecule has 0 aromatic heterocycles. The first-order chi connectivity index (χ1) is 12.1. The minimum Gasteiger partial charge on any atom is -0.359 e. The number of likely N-dealkylation sites (tertiary alicyclic amines) is 1. The molecule has 1 aromatic carbocycles.